The molecule has 66 heavy (non-hydrogen) atoms. The number of fused-ring (bicyclic) bond motifs is 12. The molecule has 312 valence electrons. The van der Waals surface area contributed by atoms with Crippen molar-refractivity contribution in [3.63, 3.8) is 0 Å². The SMILES string of the molecule is CC1(C)c2cc(-c3ccccc3)ccc2-c2ccc(N(c3ccc4c(c3)C(C)(C)c3cc(-c5ccc6c(c5)oc5ccccc56)ccc3-4)c3ccc4c5c(cccc35)-c3ccccc3-4)cc21. The number of benzene rings is 10. The minimum Gasteiger partial charge on any atom is -0.456 e. The van der Waals surface area contributed by atoms with Crippen molar-refractivity contribution in [3.8, 4) is 66.8 Å². The first-order valence-electron chi connectivity index (χ1n) is 23.2. The normalized spacial score (nSPS) is 14.3. The molecule has 1 aromatic heterocycles. The molecule has 0 radical (unpaired) electrons. The maximum atomic E-state index is 6.34. The molecule has 0 atom stereocenters. The van der Waals surface area contributed by atoms with E-state index in [0.717, 1.165) is 38.9 Å². The van der Waals surface area contributed by atoms with Gasteiger partial charge in [-0.3, -0.25) is 0 Å². The van der Waals surface area contributed by atoms with Gasteiger partial charge in [0.2, 0.25) is 0 Å². The van der Waals surface area contributed by atoms with Crippen LogP contribution in [0.5, 0.6) is 0 Å². The smallest absolute Gasteiger partial charge is 0.136 e. The number of para-hydroxylation sites is 1. The monoisotopic (exact) mass is 843 g/mol. The summed E-state index contributed by atoms with van der Waals surface area (Å²) in [6, 6.07) is 74.7. The average molecular weight is 844 g/mol. The number of furan rings is 1. The first-order valence-corrected chi connectivity index (χ1v) is 23.2. The van der Waals surface area contributed by atoms with E-state index < -0.39 is 0 Å². The van der Waals surface area contributed by atoms with Gasteiger partial charge < -0.3 is 9.32 Å². The first-order chi connectivity index (χ1) is 32.2. The molecule has 0 fully saturated rings. The van der Waals surface area contributed by atoms with E-state index in [0.29, 0.717) is 0 Å². The van der Waals surface area contributed by atoms with Crippen molar-refractivity contribution < 1.29 is 4.42 Å². The third kappa shape index (κ3) is 5.13. The van der Waals surface area contributed by atoms with Crippen molar-refractivity contribution in [2.75, 3.05) is 4.90 Å². The highest BCUT2D eigenvalue weighted by atomic mass is 16.3. The molecule has 3 aliphatic carbocycles. The summed E-state index contributed by atoms with van der Waals surface area (Å²) in [7, 11) is 0. The lowest BCUT2D eigenvalue weighted by Gasteiger charge is -2.30. The fourth-order valence-electron chi connectivity index (χ4n) is 12.0. The van der Waals surface area contributed by atoms with Gasteiger partial charge in [-0.2, -0.15) is 0 Å². The second kappa shape index (κ2) is 13.3. The summed E-state index contributed by atoms with van der Waals surface area (Å²) in [5.41, 5.74) is 25.6. The van der Waals surface area contributed by atoms with E-state index in [1.165, 1.54) is 99.9 Å². The zero-order chi connectivity index (χ0) is 44.1. The number of hydrogen-bond donors (Lipinski definition) is 0. The summed E-state index contributed by atoms with van der Waals surface area (Å²) in [5, 5.41) is 4.89. The van der Waals surface area contributed by atoms with Crippen LogP contribution in [0.15, 0.2) is 205 Å². The van der Waals surface area contributed by atoms with Gasteiger partial charge in [-0.1, -0.05) is 167 Å². The molecule has 1 heterocycles. The van der Waals surface area contributed by atoms with E-state index in [1.54, 1.807) is 0 Å². The molecule has 0 unspecified atom stereocenters. The molecule has 10 aromatic carbocycles. The zero-order valence-corrected chi connectivity index (χ0v) is 37.4. The number of anilines is 3. The summed E-state index contributed by atoms with van der Waals surface area (Å²) in [6.45, 7) is 9.59. The molecule has 0 spiro atoms. The van der Waals surface area contributed by atoms with Gasteiger partial charge in [0.25, 0.3) is 0 Å². The summed E-state index contributed by atoms with van der Waals surface area (Å²) < 4.78 is 6.34. The van der Waals surface area contributed by atoms with Crippen molar-refractivity contribution in [2.24, 2.45) is 0 Å². The molecular formula is C64H45NO. The van der Waals surface area contributed by atoms with Gasteiger partial charge in [0.15, 0.2) is 0 Å². The fraction of sp³-hybridized carbons (Fsp3) is 0.0938. The molecular weight excluding hydrogens is 799 g/mol. The largest absolute Gasteiger partial charge is 0.456 e. The Balaban J connectivity index is 0.919. The predicted molar refractivity (Wildman–Crippen MR) is 276 cm³/mol. The Kier molecular flexibility index (Phi) is 7.55. The van der Waals surface area contributed by atoms with Crippen LogP contribution in [-0.4, -0.2) is 0 Å². The van der Waals surface area contributed by atoms with E-state index in [9.17, 15) is 0 Å². The summed E-state index contributed by atoms with van der Waals surface area (Å²) in [5.74, 6) is 0. The number of hydrogen-bond acceptors (Lipinski definition) is 2. The maximum absolute atomic E-state index is 6.34. The van der Waals surface area contributed by atoms with E-state index in [1.807, 2.05) is 6.07 Å². The van der Waals surface area contributed by atoms with Crippen LogP contribution in [-0.2, 0) is 10.8 Å². The maximum Gasteiger partial charge on any atom is 0.136 e. The molecule has 11 aromatic rings. The molecule has 2 nitrogen and oxygen atoms in total. The van der Waals surface area contributed by atoms with Gasteiger partial charge in [-0.25, -0.2) is 0 Å². The Morgan fingerprint density at radius 3 is 1.45 bits per heavy atom. The van der Waals surface area contributed by atoms with Gasteiger partial charge in [0, 0.05) is 38.4 Å². The molecule has 0 amide bonds. The average Bonchev–Trinajstić information content (AvgIpc) is 4.03. The molecule has 0 saturated heterocycles. The highest BCUT2D eigenvalue weighted by Gasteiger charge is 2.39. The van der Waals surface area contributed by atoms with Crippen LogP contribution in [0, 0.1) is 0 Å². The Morgan fingerprint density at radius 2 is 0.788 bits per heavy atom. The predicted octanol–water partition coefficient (Wildman–Crippen LogP) is 17.8. The highest BCUT2D eigenvalue weighted by molar-refractivity contribution is 6.19. The second-order valence-corrected chi connectivity index (χ2v) is 19.6. The molecule has 0 N–H and O–H groups in total. The van der Waals surface area contributed by atoms with Crippen LogP contribution in [0.4, 0.5) is 17.1 Å². The number of rotatable bonds is 5. The quantitative estimate of drug-likeness (QED) is 0.172. The second-order valence-electron chi connectivity index (χ2n) is 19.6. The van der Waals surface area contributed by atoms with Gasteiger partial charge in [-0.15, -0.1) is 0 Å². The Bertz CT molecular complexity index is 3850. The highest BCUT2D eigenvalue weighted by Crippen LogP contribution is 2.56. The fourth-order valence-corrected chi connectivity index (χ4v) is 12.0. The third-order valence-corrected chi connectivity index (χ3v) is 15.4. The van der Waals surface area contributed by atoms with Gasteiger partial charge in [0.1, 0.15) is 11.2 Å². The van der Waals surface area contributed by atoms with Crippen LogP contribution in [0.3, 0.4) is 0 Å². The summed E-state index contributed by atoms with van der Waals surface area (Å²) >= 11 is 0. The van der Waals surface area contributed by atoms with Crippen LogP contribution >= 0.6 is 0 Å². The van der Waals surface area contributed by atoms with E-state index in [2.05, 4.69) is 227 Å². The lowest BCUT2D eigenvalue weighted by atomic mass is 9.81. The van der Waals surface area contributed by atoms with E-state index >= 15 is 0 Å². The van der Waals surface area contributed by atoms with Crippen LogP contribution in [0.25, 0.3) is 99.5 Å². The van der Waals surface area contributed by atoms with Crippen molar-refractivity contribution in [1.29, 1.82) is 0 Å². The minimum absolute atomic E-state index is 0.199. The van der Waals surface area contributed by atoms with Crippen LogP contribution in [0.1, 0.15) is 49.9 Å². The Labute approximate surface area is 385 Å². The van der Waals surface area contributed by atoms with Crippen molar-refractivity contribution in [1.82, 2.24) is 0 Å². The minimum atomic E-state index is -0.243. The van der Waals surface area contributed by atoms with Crippen molar-refractivity contribution >= 4 is 49.8 Å². The third-order valence-electron chi connectivity index (χ3n) is 15.4. The van der Waals surface area contributed by atoms with Gasteiger partial charge in [-0.05, 0) is 155 Å². The topological polar surface area (TPSA) is 16.4 Å². The molecule has 2 heteroatoms. The molecule has 14 rings (SSSR count). The van der Waals surface area contributed by atoms with Crippen LogP contribution in [0.2, 0.25) is 0 Å². The molecule has 3 aliphatic rings. The summed E-state index contributed by atoms with van der Waals surface area (Å²) in [4.78, 5) is 2.54. The molecule has 0 bridgehead atoms. The zero-order valence-electron chi connectivity index (χ0n) is 37.4. The van der Waals surface area contributed by atoms with E-state index in [-0.39, 0.29) is 10.8 Å². The van der Waals surface area contributed by atoms with Crippen LogP contribution < -0.4 is 4.90 Å². The standard InChI is InChI=1S/C64H45NO/c1-63(2)55-33-39(38-13-6-5-7-14-38)21-26-46(55)48-29-24-42(36-57(48)63)65(59-32-31-53-45-16-9-8-15-44(45)52-18-12-19-54(59)62(52)53)43-25-30-49-47-27-22-40(34-56(47)64(3,4)58(49)37-43)41-23-28-51-50-17-10-11-20-60(50)66-61(51)35-41/h5-37H,1-4H3. The Morgan fingerprint density at radius 1 is 0.318 bits per heavy atom. The van der Waals surface area contributed by atoms with Crippen molar-refractivity contribution in [2.45, 2.75) is 38.5 Å². The molecule has 0 aliphatic heterocycles. The van der Waals surface area contributed by atoms with Gasteiger partial charge in [0.05, 0.1) is 5.69 Å². The lowest BCUT2D eigenvalue weighted by Crippen LogP contribution is -2.18. The molecule has 0 saturated carbocycles. The number of nitrogens with zero attached hydrogens (tertiary/aromatic N) is 1. The lowest BCUT2D eigenvalue weighted by molar-refractivity contribution is 0.660. The van der Waals surface area contributed by atoms with Crippen molar-refractivity contribution in [3.05, 3.63) is 222 Å². The van der Waals surface area contributed by atoms with E-state index in [4.69, 9.17) is 4.42 Å². The summed E-state index contributed by atoms with van der Waals surface area (Å²) in [6.07, 6.45) is 0. The van der Waals surface area contributed by atoms with Gasteiger partial charge >= 0.3 is 0 Å². The first kappa shape index (κ1) is 37.4. The Hall–Kier alpha value is -7.94.